The van der Waals surface area contributed by atoms with Gasteiger partial charge in [-0.25, -0.2) is 4.39 Å². The zero-order valence-electron chi connectivity index (χ0n) is 14.1. The Morgan fingerprint density at radius 1 is 1.28 bits per heavy atom. The van der Waals surface area contributed by atoms with Gasteiger partial charge in [-0.3, -0.25) is 4.98 Å². The minimum absolute atomic E-state index is 0. The molecule has 0 bridgehead atoms. The molecule has 2 heterocycles. The normalized spacial score (nSPS) is 15.2. The quantitative estimate of drug-likeness (QED) is 0.746. The van der Waals surface area contributed by atoms with E-state index in [1.807, 2.05) is 13.1 Å². The highest BCUT2D eigenvalue weighted by Gasteiger charge is 2.27. The fourth-order valence-electron chi connectivity index (χ4n) is 2.81. The summed E-state index contributed by atoms with van der Waals surface area (Å²) in [7, 11) is 1.90. The zero-order chi connectivity index (χ0) is 16.7. The molecule has 7 heteroatoms. The van der Waals surface area contributed by atoms with Crippen molar-refractivity contribution in [3.63, 3.8) is 0 Å². The maximum absolute atomic E-state index is 13.7. The first-order valence-corrected chi connectivity index (χ1v) is 8.24. The van der Waals surface area contributed by atoms with E-state index in [0.717, 1.165) is 29.6 Å². The van der Waals surface area contributed by atoms with Gasteiger partial charge in [0.1, 0.15) is 5.82 Å². The van der Waals surface area contributed by atoms with E-state index in [1.54, 1.807) is 6.07 Å². The van der Waals surface area contributed by atoms with Crippen molar-refractivity contribution in [1.29, 1.82) is 0 Å². The molecule has 0 amide bonds. The van der Waals surface area contributed by atoms with Crippen molar-refractivity contribution in [2.75, 3.05) is 7.05 Å². The van der Waals surface area contributed by atoms with Crippen molar-refractivity contribution in [3.05, 3.63) is 41.6 Å². The monoisotopic (exact) mass is 362 g/mol. The molecule has 4 rings (SSSR count). The highest BCUT2D eigenvalue weighted by atomic mass is 35.5. The predicted octanol–water partition coefficient (Wildman–Crippen LogP) is 3.87. The second-order valence-corrected chi connectivity index (χ2v) is 6.44. The molecular formula is C18H20ClFN4O. The average molecular weight is 363 g/mol. The molecule has 0 spiro atoms. The summed E-state index contributed by atoms with van der Waals surface area (Å²) in [5, 5.41) is 7.92. The van der Waals surface area contributed by atoms with Crippen LogP contribution in [0.15, 0.2) is 28.8 Å². The van der Waals surface area contributed by atoms with Crippen LogP contribution in [0, 0.1) is 5.82 Å². The Bertz CT molecular complexity index is 894. The summed E-state index contributed by atoms with van der Waals surface area (Å²) in [6.07, 6.45) is 2.97. The van der Waals surface area contributed by atoms with E-state index < -0.39 is 0 Å². The number of benzene rings is 1. The molecule has 0 saturated heterocycles. The number of rotatable bonds is 5. The van der Waals surface area contributed by atoms with Crippen molar-refractivity contribution in [3.8, 4) is 11.5 Å². The molecule has 1 aromatic carbocycles. The largest absolute Gasteiger partial charge is 0.334 e. The second-order valence-electron chi connectivity index (χ2n) is 6.44. The summed E-state index contributed by atoms with van der Waals surface area (Å²) in [6, 6.07) is 6.85. The number of likely N-dealkylation sites (N-methyl/N-ethyl adjacent to an activating group) is 1. The fraction of sp³-hybridized carbons (Fsp3) is 0.389. The van der Waals surface area contributed by atoms with Gasteiger partial charge in [0.25, 0.3) is 5.89 Å². The number of nitrogens with zero attached hydrogens (tertiary/aromatic N) is 3. The molecule has 1 aliphatic rings. The van der Waals surface area contributed by atoms with Gasteiger partial charge >= 0.3 is 0 Å². The number of nitrogens with one attached hydrogen (secondary N) is 1. The molecule has 0 radical (unpaired) electrons. The van der Waals surface area contributed by atoms with Crippen LogP contribution in [0.5, 0.6) is 0 Å². The first-order valence-electron chi connectivity index (χ1n) is 8.24. The predicted molar refractivity (Wildman–Crippen MR) is 96.4 cm³/mol. The van der Waals surface area contributed by atoms with Crippen LogP contribution in [-0.2, 0) is 6.42 Å². The van der Waals surface area contributed by atoms with Crippen molar-refractivity contribution in [2.24, 2.45) is 0 Å². The molecule has 1 N–H and O–H groups in total. The van der Waals surface area contributed by atoms with E-state index in [1.165, 1.54) is 12.1 Å². The maximum Gasteiger partial charge on any atom is 0.258 e. The van der Waals surface area contributed by atoms with Gasteiger partial charge in [-0.2, -0.15) is 4.98 Å². The molecule has 1 unspecified atom stereocenters. The van der Waals surface area contributed by atoms with Crippen molar-refractivity contribution < 1.29 is 8.91 Å². The number of aromatic nitrogens is 3. The lowest BCUT2D eigenvalue weighted by atomic mass is 10.1. The summed E-state index contributed by atoms with van der Waals surface area (Å²) in [5.41, 5.74) is 2.55. The van der Waals surface area contributed by atoms with Crippen molar-refractivity contribution in [2.45, 2.75) is 38.1 Å². The standard InChI is InChI=1S/C18H19FN4O.ClH/c1-10(20-2)7-17-22-18(24-23-17)14-9-16(11-3-4-11)21-15-6-5-12(19)8-13(14)15;/h5-6,8-11,20H,3-4,7H2,1-2H3;1H. The fourth-order valence-corrected chi connectivity index (χ4v) is 2.81. The molecular weight excluding hydrogens is 343 g/mol. The SMILES string of the molecule is CNC(C)Cc1noc(-c2cc(C3CC3)nc3ccc(F)cc23)n1.Cl. The summed E-state index contributed by atoms with van der Waals surface area (Å²) >= 11 is 0. The van der Waals surface area contributed by atoms with Crippen LogP contribution >= 0.6 is 12.4 Å². The summed E-state index contributed by atoms with van der Waals surface area (Å²) in [5.74, 6) is 1.26. The Labute approximate surface area is 151 Å². The molecule has 0 aliphatic heterocycles. The summed E-state index contributed by atoms with van der Waals surface area (Å²) < 4.78 is 19.2. The molecule has 132 valence electrons. The third kappa shape index (κ3) is 3.65. The first kappa shape index (κ1) is 17.8. The van der Waals surface area contributed by atoms with Gasteiger partial charge < -0.3 is 9.84 Å². The lowest BCUT2D eigenvalue weighted by molar-refractivity contribution is 0.418. The Balaban J connectivity index is 0.00000182. The smallest absolute Gasteiger partial charge is 0.258 e. The second kappa shape index (κ2) is 7.06. The lowest BCUT2D eigenvalue weighted by Gasteiger charge is -2.07. The van der Waals surface area contributed by atoms with Crippen molar-refractivity contribution >= 4 is 23.3 Å². The van der Waals surface area contributed by atoms with E-state index in [4.69, 9.17) is 4.52 Å². The van der Waals surface area contributed by atoms with E-state index in [9.17, 15) is 4.39 Å². The molecule has 25 heavy (non-hydrogen) atoms. The first-order chi connectivity index (χ1) is 11.6. The van der Waals surface area contributed by atoms with Crippen molar-refractivity contribution in [1.82, 2.24) is 20.4 Å². The summed E-state index contributed by atoms with van der Waals surface area (Å²) in [6.45, 7) is 2.05. The topological polar surface area (TPSA) is 63.8 Å². The van der Waals surface area contributed by atoms with Gasteiger partial charge in [-0.1, -0.05) is 5.16 Å². The molecule has 1 aliphatic carbocycles. The molecule has 5 nitrogen and oxygen atoms in total. The van der Waals surface area contributed by atoms with E-state index in [0.29, 0.717) is 29.4 Å². The van der Waals surface area contributed by atoms with Gasteiger partial charge in [0.05, 0.1) is 11.1 Å². The Morgan fingerprint density at radius 2 is 2.08 bits per heavy atom. The minimum atomic E-state index is -0.298. The van der Waals surface area contributed by atoms with E-state index in [-0.39, 0.29) is 24.3 Å². The van der Waals surface area contributed by atoms with Gasteiger partial charge in [0.2, 0.25) is 0 Å². The van der Waals surface area contributed by atoms with Crippen LogP contribution in [0.3, 0.4) is 0 Å². The average Bonchev–Trinajstić information content (AvgIpc) is 3.34. The highest BCUT2D eigenvalue weighted by Crippen LogP contribution is 2.41. The van der Waals surface area contributed by atoms with Gasteiger partial charge in [-0.15, -0.1) is 12.4 Å². The minimum Gasteiger partial charge on any atom is -0.334 e. The van der Waals surface area contributed by atoms with Gasteiger partial charge in [0.15, 0.2) is 5.82 Å². The Kier molecular flexibility index (Phi) is 5.01. The van der Waals surface area contributed by atoms with Crippen LogP contribution in [0.25, 0.3) is 22.4 Å². The maximum atomic E-state index is 13.7. The Hall–Kier alpha value is -2.05. The number of halogens is 2. The molecule has 2 aromatic heterocycles. The van der Waals surface area contributed by atoms with E-state index in [2.05, 4.69) is 27.4 Å². The van der Waals surface area contributed by atoms with E-state index >= 15 is 0 Å². The van der Waals surface area contributed by atoms with Gasteiger partial charge in [-0.05, 0) is 51.1 Å². The number of hydrogen-bond acceptors (Lipinski definition) is 5. The number of hydrogen-bond donors (Lipinski definition) is 1. The third-order valence-electron chi connectivity index (χ3n) is 4.47. The van der Waals surface area contributed by atoms with Crippen LogP contribution in [0.4, 0.5) is 4.39 Å². The van der Waals surface area contributed by atoms with Crippen LogP contribution in [0.2, 0.25) is 0 Å². The molecule has 1 fully saturated rings. The summed E-state index contributed by atoms with van der Waals surface area (Å²) in [4.78, 5) is 9.17. The molecule has 3 aromatic rings. The number of pyridine rings is 1. The lowest BCUT2D eigenvalue weighted by Crippen LogP contribution is -2.24. The number of fused-ring (bicyclic) bond motifs is 1. The highest BCUT2D eigenvalue weighted by molar-refractivity contribution is 5.92. The van der Waals surface area contributed by atoms with Crippen LogP contribution in [-0.4, -0.2) is 28.2 Å². The Morgan fingerprint density at radius 3 is 2.80 bits per heavy atom. The van der Waals surface area contributed by atoms with Crippen LogP contribution < -0.4 is 5.32 Å². The van der Waals surface area contributed by atoms with Crippen LogP contribution in [0.1, 0.15) is 37.2 Å². The molecule has 1 saturated carbocycles. The zero-order valence-corrected chi connectivity index (χ0v) is 14.9. The third-order valence-corrected chi connectivity index (χ3v) is 4.47. The van der Waals surface area contributed by atoms with Gasteiger partial charge in [0, 0.05) is 29.5 Å². The molecule has 1 atom stereocenters.